The van der Waals surface area contributed by atoms with Crippen LogP contribution in [0, 0.1) is 23.7 Å². The van der Waals surface area contributed by atoms with Crippen molar-refractivity contribution < 1.29 is 14.4 Å². The molecule has 5 nitrogen and oxygen atoms in total. The number of fused-ring (bicyclic) bond motifs is 5. The van der Waals surface area contributed by atoms with Gasteiger partial charge < -0.3 is 0 Å². The number of hydrogen-bond donors (Lipinski definition) is 1. The highest BCUT2D eigenvalue weighted by Gasteiger charge is 2.59. The fourth-order valence-electron chi connectivity index (χ4n) is 3.85. The van der Waals surface area contributed by atoms with Crippen molar-refractivity contribution in [3.8, 4) is 0 Å². The minimum absolute atomic E-state index is 0.0995. The molecular formula is C16H12Cl2N2O3. The zero-order valence-electron chi connectivity index (χ0n) is 11.8. The van der Waals surface area contributed by atoms with Crippen molar-refractivity contribution in [1.82, 2.24) is 10.4 Å². The van der Waals surface area contributed by atoms with Gasteiger partial charge in [-0.25, -0.2) is 0 Å². The Morgan fingerprint density at radius 1 is 1.09 bits per heavy atom. The average Bonchev–Trinajstić information content (AvgIpc) is 3.17. The summed E-state index contributed by atoms with van der Waals surface area (Å²) in [6, 6.07) is 4.41. The second-order valence-electron chi connectivity index (χ2n) is 6.08. The van der Waals surface area contributed by atoms with Crippen LogP contribution in [-0.4, -0.2) is 22.7 Å². The number of nitrogens with zero attached hydrogens (tertiary/aromatic N) is 1. The fourth-order valence-corrected chi connectivity index (χ4v) is 4.34. The summed E-state index contributed by atoms with van der Waals surface area (Å²) in [5, 5.41) is 1.42. The van der Waals surface area contributed by atoms with E-state index in [1.165, 1.54) is 18.2 Å². The molecule has 3 aliphatic rings. The van der Waals surface area contributed by atoms with E-state index < -0.39 is 5.91 Å². The summed E-state index contributed by atoms with van der Waals surface area (Å²) >= 11 is 11.8. The first-order valence-electron chi connectivity index (χ1n) is 7.29. The van der Waals surface area contributed by atoms with Crippen LogP contribution >= 0.6 is 23.2 Å². The first-order valence-corrected chi connectivity index (χ1v) is 8.05. The van der Waals surface area contributed by atoms with Crippen molar-refractivity contribution in [3.05, 3.63) is 46.0 Å². The number of hydrogen-bond acceptors (Lipinski definition) is 3. The number of hydrazine groups is 1. The smallest absolute Gasteiger partial charge is 0.271 e. The highest BCUT2D eigenvalue weighted by molar-refractivity contribution is 6.36. The Kier molecular flexibility index (Phi) is 3.25. The summed E-state index contributed by atoms with van der Waals surface area (Å²) in [6.07, 6.45) is 4.84. The first-order chi connectivity index (χ1) is 11.0. The maximum atomic E-state index is 12.5. The molecule has 1 N–H and O–H groups in total. The molecule has 4 rings (SSSR count). The van der Waals surface area contributed by atoms with Gasteiger partial charge in [-0.2, -0.15) is 5.01 Å². The summed E-state index contributed by atoms with van der Waals surface area (Å²) in [4.78, 5) is 37.3. The number of nitrogens with one attached hydrogen (secondary N) is 1. The normalized spacial score (nSPS) is 31.0. The lowest BCUT2D eigenvalue weighted by Crippen LogP contribution is -2.47. The molecule has 1 aromatic carbocycles. The van der Waals surface area contributed by atoms with Crippen molar-refractivity contribution in [3.63, 3.8) is 0 Å². The lowest BCUT2D eigenvalue weighted by atomic mass is 9.85. The van der Waals surface area contributed by atoms with E-state index in [9.17, 15) is 14.4 Å². The van der Waals surface area contributed by atoms with Gasteiger partial charge in [0.05, 0.1) is 22.4 Å². The molecule has 1 heterocycles. The lowest BCUT2D eigenvalue weighted by Gasteiger charge is -2.18. The van der Waals surface area contributed by atoms with E-state index in [4.69, 9.17) is 23.2 Å². The number of amides is 3. The molecule has 3 amide bonds. The third-order valence-electron chi connectivity index (χ3n) is 4.86. The van der Waals surface area contributed by atoms with E-state index in [0.29, 0.717) is 5.02 Å². The molecule has 23 heavy (non-hydrogen) atoms. The number of rotatable bonds is 2. The van der Waals surface area contributed by atoms with Gasteiger partial charge in [0.15, 0.2) is 0 Å². The first kappa shape index (κ1) is 14.7. The maximum absolute atomic E-state index is 12.5. The summed E-state index contributed by atoms with van der Waals surface area (Å²) < 4.78 is 0. The molecule has 1 saturated carbocycles. The van der Waals surface area contributed by atoms with Crippen molar-refractivity contribution in [2.24, 2.45) is 23.7 Å². The summed E-state index contributed by atoms with van der Waals surface area (Å²) in [5.74, 6) is -1.78. The summed E-state index contributed by atoms with van der Waals surface area (Å²) in [6.45, 7) is 0. The van der Waals surface area contributed by atoms with Gasteiger partial charge in [0.1, 0.15) is 0 Å². The van der Waals surface area contributed by atoms with Crippen molar-refractivity contribution in [2.75, 3.05) is 0 Å². The molecule has 4 atom stereocenters. The third-order valence-corrected chi connectivity index (χ3v) is 5.41. The number of allylic oxidation sites excluding steroid dienone is 2. The molecule has 2 aliphatic carbocycles. The fraction of sp³-hybridized carbons (Fsp3) is 0.312. The van der Waals surface area contributed by atoms with E-state index in [0.717, 1.165) is 11.4 Å². The largest absolute Gasteiger partial charge is 0.272 e. The van der Waals surface area contributed by atoms with Gasteiger partial charge in [-0.15, -0.1) is 0 Å². The Balaban J connectivity index is 1.57. The molecule has 1 saturated heterocycles. The highest BCUT2D eigenvalue weighted by atomic mass is 35.5. The number of halogens is 2. The number of carbonyl (C=O) groups is 3. The molecule has 0 spiro atoms. The maximum Gasteiger partial charge on any atom is 0.271 e. The average molecular weight is 351 g/mol. The van der Waals surface area contributed by atoms with E-state index in [2.05, 4.69) is 5.43 Å². The van der Waals surface area contributed by atoms with Crippen LogP contribution in [0.2, 0.25) is 10.0 Å². The predicted molar refractivity (Wildman–Crippen MR) is 83.5 cm³/mol. The van der Waals surface area contributed by atoms with Gasteiger partial charge in [0.2, 0.25) is 0 Å². The SMILES string of the molecule is O=C(NN1C(=O)[C@@H]2[C@H](C1=O)[C@@H]1C=C[C@H]2C1)c1ccc(Cl)cc1Cl. The molecular weight excluding hydrogens is 339 g/mol. The van der Waals surface area contributed by atoms with Crippen molar-refractivity contribution in [2.45, 2.75) is 6.42 Å². The van der Waals surface area contributed by atoms with E-state index in [-0.39, 0.29) is 46.1 Å². The number of benzene rings is 1. The molecule has 7 heteroatoms. The van der Waals surface area contributed by atoms with Gasteiger partial charge in [-0.05, 0) is 36.5 Å². The zero-order chi connectivity index (χ0) is 16.3. The van der Waals surface area contributed by atoms with Crippen LogP contribution in [0.25, 0.3) is 0 Å². The van der Waals surface area contributed by atoms with E-state index in [1.54, 1.807) is 0 Å². The summed E-state index contributed by atoms with van der Waals surface area (Å²) in [5.41, 5.74) is 2.55. The quantitative estimate of drug-likeness (QED) is 0.658. The number of carbonyl (C=O) groups excluding carboxylic acids is 3. The standard InChI is InChI=1S/C16H12Cl2N2O3/c17-9-3-4-10(11(18)6-9)14(21)19-20-15(22)12-7-1-2-8(5-7)13(12)16(20)23/h1-4,6-8,12-13H,5H2,(H,19,21)/t7-,8+,12-,13+. The Morgan fingerprint density at radius 3 is 2.26 bits per heavy atom. The molecule has 1 aliphatic heterocycles. The van der Waals surface area contributed by atoms with Gasteiger partial charge in [0.25, 0.3) is 17.7 Å². The van der Waals surface area contributed by atoms with Crippen LogP contribution in [0.4, 0.5) is 0 Å². The van der Waals surface area contributed by atoms with Crippen LogP contribution in [0.1, 0.15) is 16.8 Å². The minimum Gasteiger partial charge on any atom is -0.272 e. The van der Waals surface area contributed by atoms with Gasteiger partial charge in [0, 0.05) is 5.02 Å². The van der Waals surface area contributed by atoms with Crippen molar-refractivity contribution >= 4 is 40.9 Å². The molecule has 118 valence electrons. The van der Waals surface area contributed by atoms with Crippen LogP contribution in [0.5, 0.6) is 0 Å². The van der Waals surface area contributed by atoms with E-state index in [1.807, 2.05) is 12.2 Å². The van der Waals surface area contributed by atoms with Crippen molar-refractivity contribution in [1.29, 1.82) is 0 Å². The van der Waals surface area contributed by atoms with Crippen LogP contribution in [0.15, 0.2) is 30.4 Å². The minimum atomic E-state index is -0.603. The molecule has 0 radical (unpaired) electrons. The molecule has 1 aromatic rings. The Bertz CT molecular complexity index is 747. The zero-order valence-corrected chi connectivity index (χ0v) is 13.3. The van der Waals surface area contributed by atoms with Crippen LogP contribution in [-0.2, 0) is 9.59 Å². The predicted octanol–water partition coefficient (Wildman–Crippen LogP) is 2.45. The molecule has 2 bridgehead atoms. The topological polar surface area (TPSA) is 66.5 Å². The van der Waals surface area contributed by atoms with Gasteiger partial charge >= 0.3 is 0 Å². The Morgan fingerprint density at radius 2 is 1.70 bits per heavy atom. The molecule has 0 unspecified atom stereocenters. The third kappa shape index (κ3) is 2.11. The number of imide groups is 1. The molecule has 0 aromatic heterocycles. The second-order valence-corrected chi connectivity index (χ2v) is 6.92. The van der Waals surface area contributed by atoms with Gasteiger partial charge in [-0.1, -0.05) is 35.4 Å². The Hall–Kier alpha value is -1.85. The van der Waals surface area contributed by atoms with Gasteiger partial charge in [-0.3, -0.25) is 19.8 Å². The second kappa shape index (κ2) is 5.08. The molecule has 2 fully saturated rings. The van der Waals surface area contributed by atoms with E-state index >= 15 is 0 Å². The highest BCUT2D eigenvalue weighted by Crippen LogP contribution is 2.52. The monoisotopic (exact) mass is 350 g/mol. The summed E-state index contributed by atoms with van der Waals surface area (Å²) in [7, 11) is 0. The van der Waals surface area contributed by atoms with Crippen LogP contribution in [0.3, 0.4) is 0 Å². The Labute approximate surface area is 142 Å². The van der Waals surface area contributed by atoms with Crippen LogP contribution < -0.4 is 5.43 Å². The lowest BCUT2D eigenvalue weighted by molar-refractivity contribution is -0.143.